The zero-order valence-electron chi connectivity index (χ0n) is 16.9. The summed E-state index contributed by atoms with van der Waals surface area (Å²) in [6.07, 6.45) is 1.08. The molecule has 3 rings (SSSR count). The van der Waals surface area contributed by atoms with E-state index in [1.54, 1.807) is 24.3 Å². The van der Waals surface area contributed by atoms with Gasteiger partial charge in [-0.3, -0.25) is 4.79 Å². The van der Waals surface area contributed by atoms with Crippen LogP contribution in [-0.4, -0.2) is 57.7 Å². The molecule has 9 heteroatoms. The van der Waals surface area contributed by atoms with Crippen molar-refractivity contribution in [1.29, 1.82) is 0 Å². The lowest BCUT2D eigenvalue weighted by atomic mass is 10.2. The van der Waals surface area contributed by atoms with E-state index in [0.717, 1.165) is 48.1 Å². The second kappa shape index (κ2) is 10.3. The lowest BCUT2D eigenvalue weighted by molar-refractivity contribution is -0.121. The zero-order valence-corrected chi connectivity index (χ0v) is 18.5. The van der Waals surface area contributed by atoms with Crippen molar-refractivity contribution in [2.24, 2.45) is 0 Å². The average molecular weight is 452 g/mol. The number of benzene rings is 2. The Morgan fingerprint density at radius 1 is 1.13 bits per heavy atom. The molecule has 0 unspecified atom stereocenters. The molecule has 0 spiro atoms. The van der Waals surface area contributed by atoms with Crippen LogP contribution in [0.5, 0.6) is 0 Å². The molecule has 1 fully saturated rings. The summed E-state index contributed by atoms with van der Waals surface area (Å²) in [5.41, 5.74) is 2.71. The number of ether oxygens (including phenoxy) is 1. The maximum atomic E-state index is 12.4. The molecule has 0 bridgehead atoms. The molecule has 0 atom stereocenters. The summed E-state index contributed by atoms with van der Waals surface area (Å²) < 4.78 is 30.8. The predicted molar refractivity (Wildman–Crippen MR) is 118 cm³/mol. The maximum Gasteiger partial charge on any atom is 0.235 e. The third-order valence-corrected chi connectivity index (χ3v) is 6.46. The van der Waals surface area contributed by atoms with Crippen molar-refractivity contribution >= 4 is 33.2 Å². The quantitative estimate of drug-likeness (QED) is 0.666. The Bertz CT molecular complexity index is 960. The van der Waals surface area contributed by atoms with E-state index in [-0.39, 0.29) is 19.0 Å². The third-order valence-electron chi connectivity index (χ3n) is 4.90. The summed E-state index contributed by atoms with van der Waals surface area (Å²) in [4.78, 5) is 14.6. The molecule has 0 aromatic heterocycles. The van der Waals surface area contributed by atoms with Gasteiger partial charge >= 0.3 is 0 Å². The van der Waals surface area contributed by atoms with Crippen LogP contribution in [-0.2, 0) is 32.6 Å². The van der Waals surface area contributed by atoms with Crippen LogP contribution in [0, 0.1) is 0 Å². The second-order valence-electron chi connectivity index (χ2n) is 7.17. The first kappa shape index (κ1) is 22.6. The standard InChI is InChI=1S/C21H26ClN3O4S/c1-30(27,28)25(15-18-4-2-3-5-20(18)22)16-21(26)23-14-17-6-8-19(9-7-17)24-10-12-29-13-11-24/h2-9H,10-16H2,1H3,(H,23,26). The van der Waals surface area contributed by atoms with Gasteiger partial charge in [0.25, 0.3) is 0 Å². The van der Waals surface area contributed by atoms with Crippen molar-refractivity contribution < 1.29 is 17.9 Å². The summed E-state index contributed by atoms with van der Waals surface area (Å²) in [6, 6.07) is 15.0. The number of rotatable bonds is 8. The number of nitrogens with one attached hydrogen (secondary N) is 1. The summed E-state index contributed by atoms with van der Waals surface area (Å²) in [5, 5.41) is 3.25. The molecule has 7 nitrogen and oxygen atoms in total. The number of hydrogen-bond acceptors (Lipinski definition) is 5. The summed E-state index contributed by atoms with van der Waals surface area (Å²) in [5.74, 6) is -0.371. The topological polar surface area (TPSA) is 79.0 Å². The summed E-state index contributed by atoms with van der Waals surface area (Å²) >= 11 is 6.13. The van der Waals surface area contributed by atoms with Crippen molar-refractivity contribution in [2.45, 2.75) is 13.1 Å². The minimum atomic E-state index is -3.58. The first-order valence-electron chi connectivity index (χ1n) is 9.70. The van der Waals surface area contributed by atoms with Crippen LogP contribution in [0.1, 0.15) is 11.1 Å². The fraction of sp³-hybridized carbons (Fsp3) is 0.381. The largest absolute Gasteiger partial charge is 0.378 e. The van der Waals surface area contributed by atoms with E-state index in [2.05, 4.69) is 10.2 Å². The fourth-order valence-corrected chi connectivity index (χ4v) is 4.09. The molecular weight excluding hydrogens is 426 g/mol. The van der Waals surface area contributed by atoms with Gasteiger partial charge in [0.1, 0.15) is 0 Å². The lowest BCUT2D eigenvalue weighted by Gasteiger charge is -2.28. The van der Waals surface area contributed by atoms with E-state index >= 15 is 0 Å². The molecule has 2 aromatic rings. The van der Waals surface area contributed by atoms with Gasteiger partial charge < -0.3 is 15.0 Å². The molecule has 1 aliphatic rings. The highest BCUT2D eigenvalue weighted by molar-refractivity contribution is 7.88. The highest BCUT2D eigenvalue weighted by Crippen LogP contribution is 2.19. The number of sulfonamides is 1. The molecule has 1 heterocycles. The molecule has 0 saturated carbocycles. The first-order chi connectivity index (χ1) is 14.3. The molecule has 1 N–H and O–H groups in total. The van der Waals surface area contributed by atoms with Crippen LogP contribution < -0.4 is 10.2 Å². The molecular formula is C21H26ClN3O4S. The normalized spacial score (nSPS) is 14.7. The number of carbonyl (C=O) groups excluding carboxylic acids is 1. The molecule has 2 aromatic carbocycles. The number of anilines is 1. The summed E-state index contributed by atoms with van der Waals surface area (Å²) in [6.45, 7) is 3.28. The number of nitrogens with zero attached hydrogens (tertiary/aromatic N) is 2. The minimum Gasteiger partial charge on any atom is -0.378 e. The summed E-state index contributed by atoms with van der Waals surface area (Å²) in [7, 11) is -3.58. The van der Waals surface area contributed by atoms with Gasteiger partial charge in [0, 0.05) is 36.9 Å². The molecule has 1 aliphatic heterocycles. The Morgan fingerprint density at radius 3 is 2.43 bits per heavy atom. The van der Waals surface area contributed by atoms with Crippen LogP contribution in [0.3, 0.4) is 0 Å². The molecule has 162 valence electrons. The smallest absolute Gasteiger partial charge is 0.235 e. The highest BCUT2D eigenvalue weighted by Gasteiger charge is 2.21. The van der Waals surface area contributed by atoms with Gasteiger partial charge in [-0.15, -0.1) is 0 Å². The Hall–Kier alpha value is -2.13. The van der Waals surface area contributed by atoms with Gasteiger partial charge in [0.05, 0.1) is 26.0 Å². The third kappa shape index (κ3) is 6.43. The van der Waals surface area contributed by atoms with E-state index in [1.165, 1.54) is 0 Å². The van der Waals surface area contributed by atoms with Crippen molar-refractivity contribution in [3.8, 4) is 0 Å². The SMILES string of the molecule is CS(=O)(=O)N(CC(=O)NCc1ccc(N2CCOCC2)cc1)Cc1ccccc1Cl. The highest BCUT2D eigenvalue weighted by atomic mass is 35.5. The number of amides is 1. The van der Waals surface area contributed by atoms with Gasteiger partial charge in [-0.1, -0.05) is 41.9 Å². The Labute approximate surface area is 182 Å². The number of morpholine rings is 1. The van der Waals surface area contributed by atoms with Crippen molar-refractivity contribution in [3.63, 3.8) is 0 Å². The number of carbonyl (C=O) groups is 1. The van der Waals surface area contributed by atoms with Crippen LogP contribution >= 0.6 is 11.6 Å². The predicted octanol–water partition coefficient (Wildman–Crippen LogP) is 2.25. The van der Waals surface area contributed by atoms with E-state index < -0.39 is 10.0 Å². The molecule has 0 radical (unpaired) electrons. The van der Waals surface area contributed by atoms with E-state index in [9.17, 15) is 13.2 Å². The van der Waals surface area contributed by atoms with Crippen molar-refractivity contribution in [3.05, 3.63) is 64.7 Å². The van der Waals surface area contributed by atoms with Crippen LogP contribution in [0.4, 0.5) is 5.69 Å². The lowest BCUT2D eigenvalue weighted by Crippen LogP contribution is -2.39. The molecule has 1 saturated heterocycles. The van der Waals surface area contributed by atoms with Crippen molar-refractivity contribution in [1.82, 2.24) is 9.62 Å². The maximum absolute atomic E-state index is 12.4. The monoisotopic (exact) mass is 451 g/mol. The molecule has 30 heavy (non-hydrogen) atoms. The Balaban J connectivity index is 1.55. The van der Waals surface area contributed by atoms with Gasteiger partial charge in [0.15, 0.2) is 0 Å². The van der Waals surface area contributed by atoms with Crippen LogP contribution in [0.15, 0.2) is 48.5 Å². The molecule has 0 aliphatic carbocycles. The van der Waals surface area contributed by atoms with Crippen molar-refractivity contribution in [2.75, 3.05) is 44.0 Å². The number of halogens is 1. The Morgan fingerprint density at radius 2 is 1.80 bits per heavy atom. The molecule has 1 amide bonds. The second-order valence-corrected chi connectivity index (χ2v) is 9.55. The zero-order chi connectivity index (χ0) is 21.6. The van der Waals surface area contributed by atoms with E-state index in [0.29, 0.717) is 17.1 Å². The van der Waals surface area contributed by atoms with Crippen LogP contribution in [0.2, 0.25) is 5.02 Å². The minimum absolute atomic E-state index is 0.0418. The first-order valence-corrected chi connectivity index (χ1v) is 11.9. The van der Waals surface area contributed by atoms with Gasteiger partial charge in [-0.05, 0) is 29.3 Å². The fourth-order valence-electron chi connectivity index (χ4n) is 3.17. The number of hydrogen-bond donors (Lipinski definition) is 1. The Kier molecular flexibility index (Phi) is 7.71. The van der Waals surface area contributed by atoms with Crippen LogP contribution in [0.25, 0.3) is 0 Å². The van der Waals surface area contributed by atoms with Gasteiger partial charge in [-0.25, -0.2) is 8.42 Å². The van der Waals surface area contributed by atoms with E-state index in [4.69, 9.17) is 16.3 Å². The average Bonchev–Trinajstić information content (AvgIpc) is 2.73. The van der Waals surface area contributed by atoms with E-state index in [1.807, 2.05) is 24.3 Å². The van der Waals surface area contributed by atoms with Gasteiger partial charge in [0.2, 0.25) is 15.9 Å². The van der Waals surface area contributed by atoms with Gasteiger partial charge in [-0.2, -0.15) is 4.31 Å².